The van der Waals surface area contributed by atoms with Crippen LogP contribution < -0.4 is 5.32 Å². The van der Waals surface area contributed by atoms with Crippen molar-refractivity contribution in [2.75, 3.05) is 20.2 Å². The van der Waals surface area contributed by atoms with E-state index in [0.717, 1.165) is 11.1 Å². The fourth-order valence-corrected chi connectivity index (χ4v) is 3.10. The highest BCUT2D eigenvalue weighted by Gasteiger charge is 2.43. The third-order valence-corrected chi connectivity index (χ3v) is 4.36. The second-order valence-corrected chi connectivity index (χ2v) is 5.98. The average Bonchev–Trinajstić information content (AvgIpc) is 2.92. The standard InChI is InChI=1S/C16H18F2N2O3/c1-23-15(22)11-3-2-10-4-5-20(8-12(10)6-11)14(21)13-7-16(17,18)9-19-13/h2-3,6,13,19H,4-5,7-9H2,1H3. The molecule has 2 aliphatic rings. The molecule has 7 heteroatoms. The first-order valence-electron chi connectivity index (χ1n) is 7.50. The van der Waals surface area contributed by atoms with E-state index >= 15 is 0 Å². The SMILES string of the molecule is COC(=O)c1ccc2c(c1)CN(C(=O)C1CC(F)(F)CN1)CC2. The van der Waals surface area contributed by atoms with Crippen molar-refractivity contribution in [1.82, 2.24) is 10.2 Å². The van der Waals surface area contributed by atoms with Gasteiger partial charge in [0.1, 0.15) is 0 Å². The molecule has 23 heavy (non-hydrogen) atoms. The van der Waals surface area contributed by atoms with Gasteiger partial charge in [-0.25, -0.2) is 13.6 Å². The van der Waals surface area contributed by atoms with Crippen LogP contribution in [0.25, 0.3) is 0 Å². The van der Waals surface area contributed by atoms with Crippen LogP contribution in [0.5, 0.6) is 0 Å². The molecule has 124 valence electrons. The summed E-state index contributed by atoms with van der Waals surface area (Å²) < 4.78 is 31.2. The lowest BCUT2D eigenvalue weighted by atomic mass is 9.96. The van der Waals surface area contributed by atoms with Crippen molar-refractivity contribution in [3.8, 4) is 0 Å². The highest BCUT2D eigenvalue weighted by Crippen LogP contribution is 2.28. The van der Waals surface area contributed by atoms with Gasteiger partial charge in [0, 0.05) is 19.5 Å². The van der Waals surface area contributed by atoms with Crippen LogP contribution in [0.4, 0.5) is 8.78 Å². The number of amides is 1. The molecule has 1 atom stereocenters. The number of methoxy groups -OCH3 is 1. The molecule has 1 aromatic rings. The van der Waals surface area contributed by atoms with Gasteiger partial charge >= 0.3 is 5.97 Å². The van der Waals surface area contributed by atoms with E-state index in [2.05, 4.69) is 5.32 Å². The zero-order valence-electron chi connectivity index (χ0n) is 12.8. The molecule has 1 fully saturated rings. The molecular formula is C16H18F2N2O3. The first kappa shape index (κ1) is 15.9. The number of benzene rings is 1. The molecule has 0 spiro atoms. The summed E-state index contributed by atoms with van der Waals surface area (Å²) in [7, 11) is 1.31. The summed E-state index contributed by atoms with van der Waals surface area (Å²) in [6.45, 7) is 0.357. The number of fused-ring (bicyclic) bond motifs is 1. The van der Waals surface area contributed by atoms with E-state index in [1.54, 1.807) is 17.0 Å². The molecule has 0 bridgehead atoms. The largest absolute Gasteiger partial charge is 0.465 e. The third kappa shape index (κ3) is 3.19. The van der Waals surface area contributed by atoms with Crippen LogP contribution in [0.2, 0.25) is 0 Å². The molecule has 1 aromatic carbocycles. The average molecular weight is 324 g/mol. The Morgan fingerprint density at radius 1 is 1.35 bits per heavy atom. The lowest BCUT2D eigenvalue weighted by Crippen LogP contribution is -2.45. The minimum Gasteiger partial charge on any atom is -0.465 e. The number of hydrogen-bond donors (Lipinski definition) is 1. The number of hydrogen-bond acceptors (Lipinski definition) is 4. The second kappa shape index (κ2) is 5.88. The van der Waals surface area contributed by atoms with Gasteiger partial charge in [-0.3, -0.25) is 10.1 Å². The summed E-state index contributed by atoms with van der Waals surface area (Å²) >= 11 is 0. The fourth-order valence-electron chi connectivity index (χ4n) is 3.10. The van der Waals surface area contributed by atoms with E-state index in [9.17, 15) is 18.4 Å². The molecule has 0 saturated carbocycles. The van der Waals surface area contributed by atoms with Crippen molar-refractivity contribution >= 4 is 11.9 Å². The van der Waals surface area contributed by atoms with E-state index in [1.165, 1.54) is 7.11 Å². The lowest BCUT2D eigenvalue weighted by Gasteiger charge is -2.31. The van der Waals surface area contributed by atoms with Crippen LogP contribution >= 0.6 is 0 Å². The summed E-state index contributed by atoms with van der Waals surface area (Å²) in [6.07, 6.45) is 0.184. The zero-order valence-corrected chi connectivity index (χ0v) is 12.8. The quantitative estimate of drug-likeness (QED) is 0.835. The zero-order chi connectivity index (χ0) is 16.6. The Balaban J connectivity index is 1.74. The molecule has 2 heterocycles. The Morgan fingerprint density at radius 3 is 2.78 bits per heavy atom. The van der Waals surface area contributed by atoms with Gasteiger partial charge in [0.2, 0.25) is 5.91 Å². The number of carbonyl (C=O) groups excluding carboxylic acids is 2. The number of esters is 1. The Morgan fingerprint density at radius 2 is 2.13 bits per heavy atom. The summed E-state index contributed by atoms with van der Waals surface area (Å²) in [6, 6.07) is 4.42. The minimum absolute atomic E-state index is 0.309. The fraction of sp³-hybridized carbons (Fsp3) is 0.500. The highest BCUT2D eigenvalue weighted by atomic mass is 19.3. The molecule has 5 nitrogen and oxygen atoms in total. The number of rotatable bonds is 2. The number of alkyl halides is 2. The van der Waals surface area contributed by atoms with E-state index in [-0.39, 0.29) is 5.91 Å². The smallest absolute Gasteiger partial charge is 0.337 e. The Hall–Kier alpha value is -2.02. The molecule has 3 rings (SSSR count). The summed E-state index contributed by atoms with van der Waals surface area (Å²) in [5, 5.41) is 2.59. The van der Waals surface area contributed by atoms with Crippen LogP contribution in [0, 0.1) is 0 Å². The Labute approximate surface area is 132 Å². The number of carbonyl (C=O) groups is 2. The van der Waals surface area contributed by atoms with Gasteiger partial charge in [-0.05, 0) is 29.7 Å². The maximum Gasteiger partial charge on any atom is 0.337 e. The molecule has 1 N–H and O–H groups in total. The van der Waals surface area contributed by atoms with Crippen molar-refractivity contribution in [2.45, 2.75) is 31.4 Å². The van der Waals surface area contributed by atoms with Crippen LogP contribution in [-0.4, -0.2) is 48.9 Å². The molecule has 0 aliphatic carbocycles. The summed E-state index contributed by atoms with van der Waals surface area (Å²) in [5.74, 6) is -3.57. The predicted molar refractivity (Wildman–Crippen MR) is 78.3 cm³/mol. The van der Waals surface area contributed by atoms with E-state index in [0.29, 0.717) is 25.1 Å². The van der Waals surface area contributed by atoms with Gasteiger partial charge in [-0.15, -0.1) is 0 Å². The van der Waals surface area contributed by atoms with Crippen molar-refractivity contribution in [2.24, 2.45) is 0 Å². The van der Waals surface area contributed by atoms with E-state index in [1.807, 2.05) is 6.07 Å². The summed E-state index contributed by atoms with van der Waals surface area (Å²) in [4.78, 5) is 25.6. The van der Waals surface area contributed by atoms with Gasteiger partial charge in [-0.2, -0.15) is 0 Å². The van der Waals surface area contributed by atoms with Crippen LogP contribution in [0.15, 0.2) is 18.2 Å². The first-order chi connectivity index (χ1) is 10.9. The second-order valence-electron chi connectivity index (χ2n) is 5.98. The Bertz CT molecular complexity index is 648. The molecule has 0 aromatic heterocycles. The molecule has 1 unspecified atom stereocenters. The molecule has 1 saturated heterocycles. The number of halogens is 2. The maximum atomic E-state index is 13.3. The monoisotopic (exact) mass is 324 g/mol. The van der Waals surface area contributed by atoms with Gasteiger partial charge in [0.05, 0.1) is 25.3 Å². The van der Waals surface area contributed by atoms with Crippen molar-refractivity contribution in [1.29, 1.82) is 0 Å². The summed E-state index contributed by atoms with van der Waals surface area (Å²) in [5.41, 5.74) is 2.34. The Kier molecular flexibility index (Phi) is 4.06. The highest BCUT2D eigenvalue weighted by molar-refractivity contribution is 5.89. The molecular weight excluding hydrogens is 306 g/mol. The lowest BCUT2D eigenvalue weighted by molar-refractivity contribution is -0.134. The molecule has 2 aliphatic heterocycles. The third-order valence-electron chi connectivity index (χ3n) is 4.36. The number of ether oxygens (including phenoxy) is 1. The molecule has 0 radical (unpaired) electrons. The topological polar surface area (TPSA) is 58.6 Å². The van der Waals surface area contributed by atoms with Gasteiger partial charge in [0.25, 0.3) is 5.92 Å². The first-order valence-corrected chi connectivity index (χ1v) is 7.50. The van der Waals surface area contributed by atoms with E-state index in [4.69, 9.17) is 4.74 Å². The predicted octanol–water partition coefficient (Wildman–Crippen LogP) is 1.36. The van der Waals surface area contributed by atoms with Crippen LogP contribution in [-0.2, 0) is 22.5 Å². The maximum absolute atomic E-state index is 13.3. The number of nitrogens with zero attached hydrogens (tertiary/aromatic N) is 1. The van der Waals surface area contributed by atoms with Crippen molar-refractivity contribution in [3.63, 3.8) is 0 Å². The van der Waals surface area contributed by atoms with Crippen LogP contribution in [0.3, 0.4) is 0 Å². The van der Waals surface area contributed by atoms with Crippen molar-refractivity contribution in [3.05, 3.63) is 34.9 Å². The van der Waals surface area contributed by atoms with E-state index < -0.39 is 30.9 Å². The minimum atomic E-state index is -2.83. The van der Waals surface area contributed by atoms with Gasteiger partial charge in [0.15, 0.2) is 0 Å². The normalized spacial score (nSPS) is 22.6. The van der Waals surface area contributed by atoms with Crippen molar-refractivity contribution < 1.29 is 23.1 Å². The van der Waals surface area contributed by atoms with Gasteiger partial charge < -0.3 is 9.64 Å². The molecule has 1 amide bonds. The number of nitrogens with one attached hydrogen (secondary N) is 1. The van der Waals surface area contributed by atoms with Gasteiger partial charge in [-0.1, -0.05) is 6.07 Å². The van der Waals surface area contributed by atoms with Crippen LogP contribution in [0.1, 0.15) is 27.9 Å².